The number of aromatic nitrogens is 1. The highest BCUT2D eigenvalue weighted by Crippen LogP contribution is 2.22. The van der Waals surface area contributed by atoms with Crippen molar-refractivity contribution in [1.29, 1.82) is 0 Å². The fraction of sp³-hybridized carbons (Fsp3) is 0.267. The molecule has 0 aliphatic rings. The SMILES string of the molecule is CCNc1cc(NS(=O)(=O)c2ccc(N)cc2)cc(NCC)n1. The van der Waals surface area contributed by atoms with Crippen molar-refractivity contribution in [2.24, 2.45) is 0 Å². The zero-order valence-corrected chi connectivity index (χ0v) is 13.9. The summed E-state index contributed by atoms with van der Waals surface area (Å²) in [6, 6.07) is 9.34. The molecule has 0 bridgehead atoms. The number of nitrogens with zero attached hydrogens (tertiary/aromatic N) is 1. The number of hydrogen-bond donors (Lipinski definition) is 4. The Balaban J connectivity index is 2.31. The summed E-state index contributed by atoms with van der Waals surface area (Å²) in [4.78, 5) is 4.51. The molecular formula is C15H21N5O2S. The van der Waals surface area contributed by atoms with Crippen molar-refractivity contribution in [2.45, 2.75) is 18.7 Å². The Morgan fingerprint density at radius 1 is 1.00 bits per heavy atom. The van der Waals surface area contributed by atoms with Crippen LogP contribution in [-0.4, -0.2) is 26.5 Å². The zero-order valence-electron chi connectivity index (χ0n) is 13.1. The molecule has 23 heavy (non-hydrogen) atoms. The molecule has 8 heteroatoms. The minimum absolute atomic E-state index is 0.151. The Labute approximate surface area is 136 Å². The van der Waals surface area contributed by atoms with E-state index < -0.39 is 10.0 Å². The summed E-state index contributed by atoms with van der Waals surface area (Å²) in [7, 11) is -3.68. The number of anilines is 4. The van der Waals surface area contributed by atoms with Crippen LogP contribution < -0.4 is 21.1 Å². The van der Waals surface area contributed by atoms with Gasteiger partial charge >= 0.3 is 0 Å². The van der Waals surface area contributed by atoms with Gasteiger partial charge in [-0.1, -0.05) is 0 Å². The molecule has 0 radical (unpaired) electrons. The molecule has 2 rings (SSSR count). The van der Waals surface area contributed by atoms with E-state index in [1.807, 2.05) is 13.8 Å². The van der Waals surface area contributed by atoms with E-state index >= 15 is 0 Å². The Morgan fingerprint density at radius 3 is 2.00 bits per heavy atom. The highest BCUT2D eigenvalue weighted by molar-refractivity contribution is 7.92. The van der Waals surface area contributed by atoms with Gasteiger partial charge in [-0.2, -0.15) is 0 Å². The lowest BCUT2D eigenvalue weighted by Gasteiger charge is -2.12. The molecule has 5 N–H and O–H groups in total. The first-order valence-electron chi connectivity index (χ1n) is 7.32. The van der Waals surface area contributed by atoms with Gasteiger partial charge in [0.25, 0.3) is 10.0 Å². The van der Waals surface area contributed by atoms with Crippen LogP contribution in [0.4, 0.5) is 23.0 Å². The Morgan fingerprint density at radius 2 is 1.52 bits per heavy atom. The van der Waals surface area contributed by atoms with Crippen LogP contribution in [0.25, 0.3) is 0 Å². The van der Waals surface area contributed by atoms with Gasteiger partial charge in [0.1, 0.15) is 11.6 Å². The van der Waals surface area contributed by atoms with Gasteiger partial charge in [0.15, 0.2) is 0 Å². The predicted octanol–water partition coefficient (Wildman–Crippen LogP) is 2.33. The van der Waals surface area contributed by atoms with Crippen LogP contribution in [0, 0.1) is 0 Å². The average molecular weight is 335 g/mol. The molecule has 1 aromatic carbocycles. The van der Waals surface area contributed by atoms with Gasteiger partial charge in [-0.3, -0.25) is 4.72 Å². The lowest BCUT2D eigenvalue weighted by Crippen LogP contribution is -2.14. The number of benzene rings is 1. The third-order valence-corrected chi connectivity index (χ3v) is 4.38. The molecule has 0 amide bonds. The van der Waals surface area contributed by atoms with E-state index in [2.05, 4.69) is 20.3 Å². The molecule has 0 fully saturated rings. The monoisotopic (exact) mass is 335 g/mol. The van der Waals surface area contributed by atoms with E-state index in [0.717, 1.165) is 0 Å². The van der Waals surface area contributed by atoms with Crippen molar-refractivity contribution in [3.05, 3.63) is 36.4 Å². The van der Waals surface area contributed by atoms with Crippen LogP contribution in [0.5, 0.6) is 0 Å². The van der Waals surface area contributed by atoms with Crippen LogP contribution in [0.3, 0.4) is 0 Å². The normalized spacial score (nSPS) is 11.0. The van der Waals surface area contributed by atoms with Gasteiger partial charge in [-0.05, 0) is 38.1 Å². The zero-order chi connectivity index (χ0) is 16.9. The summed E-state index contributed by atoms with van der Waals surface area (Å²) in [6.45, 7) is 5.26. The number of pyridine rings is 1. The molecule has 1 heterocycles. The van der Waals surface area contributed by atoms with Crippen LogP contribution in [0.2, 0.25) is 0 Å². The summed E-state index contributed by atoms with van der Waals surface area (Å²) in [6.07, 6.45) is 0. The number of nitrogen functional groups attached to an aromatic ring is 1. The molecule has 1 aromatic heterocycles. The van der Waals surface area contributed by atoms with Crippen molar-refractivity contribution in [3.63, 3.8) is 0 Å². The standard InChI is InChI=1S/C15H21N5O2S/c1-3-17-14-9-12(10-15(19-14)18-4-2)20-23(21,22)13-7-5-11(16)6-8-13/h5-10H,3-4,16H2,1-2H3,(H3,17,18,19,20). The summed E-state index contributed by atoms with van der Waals surface area (Å²) in [5, 5.41) is 6.15. The number of nitrogens with one attached hydrogen (secondary N) is 3. The summed E-state index contributed by atoms with van der Waals surface area (Å²) < 4.78 is 27.4. The first kappa shape index (κ1) is 16.9. The number of nitrogens with two attached hydrogens (primary N) is 1. The van der Waals surface area contributed by atoms with Gasteiger partial charge < -0.3 is 16.4 Å². The molecule has 0 saturated carbocycles. The van der Waals surface area contributed by atoms with Gasteiger partial charge in [-0.25, -0.2) is 13.4 Å². The van der Waals surface area contributed by atoms with Gasteiger partial charge in [0, 0.05) is 30.9 Å². The first-order valence-corrected chi connectivity index (χ1v) is 8.81. The van der Waals surface area contributed by atoms with Crippen molar-refractivity contribution < 1.29 is 8.42 Å². The quantitative estimate of drug-likeness (QED) is 0.578. The smallest absolute Gasteiger partial charge is 0.261 e. The van der Waals surface area contributed by atoms with Gasteiger partial charge in [-0.15, -0.1) is 0 Å². The third kappa shape index (κ3) is 4.49. The maximum atomic E-state index is 12.4. The molecule has 0 atom stereocenters. The van der Waals surface area contributed by atoms with Crippen LogP contribution in [0.15, 0.2) is 41.3 Å². The van der Waals surface area contributed by atoms with Crippen molar-refractivity contribution in [1.82, 2.24) is 4.98 Å². The Hall–Kier alpha value is -2.48. The topological polar surface area (TPSA) is 109 Å². The molecule has 124 valence electrons. The molecule has 2 aromatic rings. The summed E-state index contributed by atoms with van der Waals surface area (Å²) in [5.74, 6) is 1.20. The molecule has 0 aliphatic carbocycles. The van der Waals surface area contributed by atoms with Crippen molar-refractivity contribution in [2.75, 3.05) is 34.2 Å². The fourth-order valence-electron chi connectivity index (χ4n) is 1.99. The second-order valence-corrected chi connectivity index (χ2v) is 6.54. The van der Waals surface area contributed by atoms with Crippen molar-refractivity contribution >= 4 is 33.0 Å². The Kier molecular flexibility index (Phi) is 5.28. The van der Waals surface area contributed by atoms with E-state index in [1.54, 1.807) is 24.3 Å². The van der Waals surface area contributed by atoms with E-state index in [9.17, 15) is 8.42 Å². The van der Waals surface area contributed by atoms with Gasteiger partial charge in [0.2, 0.25) is 0 Å². The lowest BCUT2D eigenvalue weighted by molar-refractivity contribution is 0.601. The average Bonchev–Trinajstić information content (AvgIpc) is 2.47. The predicted molar refractivity (Wildman–Crippen MR) is 94.2 cm³/mol. The second kappa shape index (κ2) is 7.19. The lowest BCUT2D eigenvalue weighted by atomic mass is 10.3. The second-order valence-electron chi connectivity index (χ2n) is 4.86. The van der Waals surface area contributed by atoms with E-state index in [-0.39, 0.29) is 4.90 Å². The molecule has 7 nitrogen and oxygen atoms in total. The largest absolute Gasteiger partial charge is 0.399 e. The van der Waals surface area contributed by atoms with E-state index in [0.29, 0.717) is 36.1 Å². The van der Waals surface area contributed by atoms with Crippen LogP contribution >= 0.6 is 0 Å². The molecular weight excluding hydrogens is 314 g/mol. The van der Waals surface area contributed by atoms with Crippen molar-refractivity contribution in [3.8, 4) is 0 Å². The maximum absolute atomic E-state index is 12.4. The molecule has 0 saturated heterocycles. The van der Waals surface area contributed by atoms with E-state index in [4.69, 9.17) is 5.73 Å². The number of hydrogen-bond acceptors (Lipinski definition) is 6. The Bertz CT molecular complexity index is 736. The van der Waals surface area contributed by atoms with Crippen LogP contribution in [0.1, 0.15) is 13.8 Å². The number of rotatable bonds is 7. The van der Waals surface area contributed by atoms with E-state index in [1.165, 1.54) is 12.1 Å². The van der Waals surface area contributed by atoms with Gasteiger partial charge in [0.05, 0.1) is 10.6 Å². The highest BCUT2D eigenvalue weighted by Gasteiger charge is 2.15. The minimum Gasteiger partial charge on any atom is -0.399 e. The third-order valence-electron chi connectivity index (χ3n) is 2.98. The van der Waals surface area contributed by atoms with Crippen LogP contribution in [-0.2, 0) is 10.0 Å². The summed E-state index contributed by atoms with van der Waals surface area (Å²) in [5.41, 5.74) is 6.53. The highest BCUT2D eigenvalue weighted by atomic mass is 32.2. The molecule has 0 spiro atoms. The fourth-order valence-corrected chi connectivity index (χ4v) is 3.03. The minimum atomic E-state index is -3.68. The molecule has 0 aliphatic heterocycles. The summed E-state index contributed by atoms with van der Waals surface area (Å²) >= 11 is 0. The first-order chi connectivity index (χ1) is 10.9. The maximum Gasteiger partial charge on any atom is 0.261 e. The number of sulfonamides is 1. The molecule has 0 unspecified atom stereocenters.